The smallest absolute Gasteiger partial charge is 0.434 e. The van der Waals surface area contributed by atoms with Gasteiger partial charge in [-0.1, -0.05) is 12.1 Å². The molecule has 1 saturated carbocycles. The van der Waals surface area contributed by atoms with E-state index in [9.17, 15) is 23.2 Å². The van der Waals surface area contributed by atoms with Crippen molar-refractivity contribution in [1.82, 2.24) is 5.32 Å². The van der Waals surface area contributed by atoms with Crippen molar-refractivity contribution in [3.05, 3.63) is 48.0 Å². The second kappa shape index (κ2) is 9.97. The molecule has 196 valence electrons. The number of nitrogens with one attached hydrogen (secondary N) is 2. The lowest BCUT2D eigenvalue weighted by atomic mass is 9.80. The quantitative estimate of drug-likeness (QED) is 0.442. The van der Waals surface area contributed by atoms with E-state index in [2.05, 4.69) is 15.4 Å². The van der Waals surface area contributed by atoms with Gasteiger partial charge in [-0.15, -0.1) is 0 Å². The number of alkyl halides is 2. The van der Waals surface area contributed by atoms with Crippen molar-refractivity contribution in [2.75, 3.05) is 29.9 Å². The van der Waals surface area contributed by atoms with Gasteiger partial charge in [-0.25, -0.2) is 4.79 Å². The molecular formula is C26H27F2N3O6. The zero-order valence-corrected chi connectivity index (χ0v) is 20.2. The maximum atomic E-state index is 14.0. The van der Waals surface area contributed by atoms with Crippen LogP contribution in [0.15, 0.2) is 42.5 Å². The summed E-state index contributed by atoms with van der Waals surface area (Å²) in [6, 6.07) is 11.5. The first kappa shape index (κ1) is 24.9. The molecule has 3 aliphatic rings. The normalized spacial score (nSPS) is 22.2. The predicted molar refractivity (Wildman–Crippen MR) is 129 cm³/mol. The third kappa shape index (κ3) is 5.22. The summed E-state index contributed by atoms with van der Waals surface area (Å²) in [5.41, 5.74) is 1.46. The molecule has 1 saturated heterocycles. The number of carbonyl (C=O) groups is 3. The Kier molecular flexibility index (Phi) is 6.72. The maximum absolute atomic E-state index is 14.0. The molecule has 0 unspecified atom stereocenters. The van der Waals surface area contributed by atoms with Crippen LogP contribution in [0.2, 0.25) is 0 Å². The number of amides is 2. The lowest BCUT2D eigenvalue weighted by Gasteiger charge is -2.36. The lowest BCUT2D eigenvalue weighted by molar-refractivity contribution is -0.189. The monoisotopic (exact) mass is 515 g/mol. The molecular weight excluding hydrogens is 488 g/mol. The van der Waals surface area contributed by atoms with Crippen molar-refractivity contribution in [2.45, 2.75) is 44.3 Å². The number of halogens is 2. The fraction of sp³-hybridized carbons (Fsp3) is 0.423. The molecule has 2 aliphatic heterocycles. The van der Waals surface area contributed by atoms with Gasteiger partial charge in [-0.3, -0.25) is 9.59 Å². The van der Waals surface area contributed by atoms with Crippen molar-refractivity contribution in [2.24, 2.45) is 5.92 Å². The molecule has 2 aromatic rings. The molecule has 2 N–H and O–H groups in total. The standard InChI is InChI=1S/C26H27F2N3O6/c1-2-35-25(34)36-18-5-3-4-15(12-18)19-10-11-29-14-20(19)23(32)31(16-6-7-16)17-8-9-22-21(13-17)30-24(33)26(27,28)37-22/h3-5,8-9,12-13,16,19-20,29H,2,6-7,10-11,14H2,1H3,(H,30,33)/t19-,20+/m1/s1. The molecule has 37 heavy (non-hydrogen) atoms. The maximum Gasteiger partial charge on any atom is 0.513 e. The van der Waals surface area contributed by atoms with E-state index in [4.69, 9.17) is 9.47 Å². The van der Waals surface area contributed by atoms with E-state index in [1.165, 1.54) is 12.1 Å². The number of fused-ring (bicyclic) bond motifs is 1. The molecule has 0 radical (unpaired) electrons. The summed E-state index contributed by atoms with van der Waals surface area (Å²) in [4.78, 5) is 39.2. The van der Waals surface area contributed by atoms with Crippen LogP contribution in [-0.2, 0) is 14.3 Å². The molecule has 0 spiro atoms. The fourth-order valence-corrected chi connectivity index (χ4v) is 4.83. The van der Waals surface area contributed by atoms with Crippen LogP contribution in [-0.4, -0.2) is 49.8 Å². The number of nitrogens with zero attached hydrogens (tertiary/aromatic N) is 1. The average Bonchev–Trinajstić information content (AvgIpc) is 3.70. The summed E-state index contributed by atoms with van der Waals surface area (Å²) in [5.74, 6) is -2.04. The molecule has 2 fully saturated rings. The Labute approximate surface area is 212 Å². The van der Waals surface area contributed by atoms with Gasteiger partial charge in [0.05, 0.1) is 18.2 Å². The highest BCUT2D eigenvalue weighted by Crippen LogP contribution is 2.42. The number of hydrogen-bond acceptors (Lipinski definition) is 7. The highest BCUT2D eigenvalue weighted by Gasteiger charge is 2.47. The number of piperidine rings is 1. The van der Waals surface area contributed by atoms with Crippen LogP contribution in [0.5, 0.6) is 11.5 Å². The van der Waals surface area contributed by atoms with Gasteiger partial charge in [0.1, 0.15) is 5.75 Å². The lowest BCUT2D eigenvalue weighted by Crippen LogP contribution is -2.47. The number of rotatable bonds is 6. The molecule has 2 aromatic carbocycles. The Morgan fingerprint density at radius 1 is 1.16 bits per heavy atom. The van der Waals surface area contributed by atoms with Gasteiger partial charge in [0.2, 0.25) is 5.91 Å². The Morgan fingerprint density at radius 2 is 1.97 bits per heavy atom. The predicted octanol–water partition coefficient (Wildman–Crippen LogP) is 4.03. The van der Waals surface area contributed by atoms with Crippen LogP contribution in [0.1, 0.15) is 37.7 Å². The van der Waals surface area contributed by atoms with E-state index in [0.29, 0.717) is 24.4 Å². The van der Waals surface area contributed by atoms with Gasteiger partial charge in [-0.2, -0.15) is 8.78 Å². The number of ether oxygens (including phenoxy) is 3. The molecule has 2 atom stereocenters. The van der Waals surface area contributed by atoms with Gasteiger partial charge in [0.25, 0.3) is 0 Å². The van der Waals surface area contributed by atoms with E-state index in [-0.39, 0.29) is 35.9 Å². The van der Waals surface area contributed by atoms with E-state index in [0.717, 1.165) is 24.9 Å². The van der Waals surface area contributed by atoms with E-state index in [1.807, 2.05) is 6.07 Å². The van der Waals surface area contributed by atoms with Gasteiger partial charge >= 0.3 is 18.2 Å². The second-order valence-electron chi connectivity index (χ2n) is 9.26. The second-order valence-corrected chi connectivity index (χ2v) is 9.26. The van der Waals surface area contributed by atoms with Crippen LogP contribution < -0.4 is 25.0 Å². The third-order valence-electron chi connectivity index (χ3n) is 6.69. The van der Waals surface area contributed by atoms with E-state index >= 15 is 0 Å². The minimum Gasteiger partial charge on any atom is -0.434 e. The van der Waals surface area contributed by atoms with Crippen molar-refractivity contribution in [1.29, 1.82) is 0 Å². The first-order chi connectivity index (χ1) is 17.8. The number of anilines is 2. The number of hydrogen-bond donors (Lipinski definition) is 2. The Bertz CT molecular complexity index is 1220. The van der Waals surface area contributed by atoms with Gasteiger partial charge < -0.3 is 29.7 Å². The summed E-state index contributed by atoms with van der Waals surface area (Å²) in [7, 11) is 0. The van der Waals surface area contributed by atoms with Crippen molar-refractivity contribution in [3.63, 3.8) is 0 Å². The van der Waals surface area contributed by atoms with E-state index < -0.39 is 24.1 Å². The molecule has 9 nitrogen and oxygen atoms in total. The third-order valence-corrected chi connectivity index (χ3v) is 6.69. The SMILES string of the molecule is CCOC(=O)Oc1cccc([C@H]2CCNC[C@@H]2C(=O)N(c2ccc3c(c2)NC(=O)C(F)(F)O3)C2CC2)c1. The summed E-state index contributed by atoms with van der Waals surface area (Å²) < 4.78 is 41.9. The zero-order chi connectivity index (χ0) is 26.2. The minimum absolute atomic E-state index is 0.0201. The molecule has 0 aromatic heterocycles. The highest BCUT2D eigenvalue weighted by atomic mass is 19.3. The summed E-state index contributed by atoms with van der Waals surface area (Å²) >= 11 is 0. The zero-order valence-electron chi connectivity index (χ0n) is 20.2. The van der Waals surface area contributed by atoms with Crippen LogP contribution in [0.25, 0.3) is 0 Å². The van der Waals surface area contributed by atoms with Crippen LogP contribution >= 0.6 is 0 Å². The Hall–Kier alpha value is -3.73. The topological polar surface area (TPSA) is 106 Å². The molecule has 0 bridgehead atoms. The van der Waals surface area contributed by atoms with Gasteiger partial charge in [-0.05, 0) is 74.5 Å². The van der Waals surface area contributed by atoms with Gasteiger partial charge in [0.15, 0.2) is 5.75 Å². The van der Waals surface area contributed by atoms with Crippen molar-refractivity contribution < 1.29 is 37.4 Å². The Morgan fingerprint density at radius 3 is 2.73 bits per heavy atom. The van der Waals surface area contributed by atoms with Gasteiger partial charge in [0, 0.05) is 18.3 Å². The van der Waals surface area contributed by atoms with Crippen LogP contribution in [0.3, 0.4) is 0 Å². The first-order valence-electron chi connectivity index (χ1n) is 12.3. The summed E-state index contributed by atoms with van der Waals surface area (Å²) in [6.45, 7) is 3.05. The molecule has 2 heterocycles. The molecule has 11 heteroatoms. The van der Waals surface area contributed by atoms with Crippen LogP contribution in [0.4, 0.5) is 25.0 Å². The summed E-state index contributed by atoms with van der Waals surface area (Å²) in [6.07, 6.45) is -2.42. The van der Waals surface area contributed by atoms with Crippen molar-refractivity contribution in [3.8, 4) is 11.5 Å². The Balaban J connectivity index is 1.41. The van der Waals surface area contributed by atoms with E-state index in [1.54, 1.807) is 36.1 Å². The largest absolute Gasteiger partial charge is 0.513 e. The number of benzene rings is 2. The average molecular weight is 516 g/mol. The van der Waals surface area contributed by atoms with Crippen LogP contribution in [0, 0.1) is 5.92 Å². The van der Waals surface area contributed by atoms with Crippen molar-refractivity contribution >= 4 is 29.3 Å². The number of carbonyl (C=O) groups excluding carboxylic acids is 3. The fourth-order valence-electron chi connectivity index (χ4n) is 4.83. The molecule has 5 rings (SSSR count). The molecule has 1 aliphatic carbocycles. The highest BCUT2D eigenvalue weighted by molar-refractivity contribution is 6.01. The molecule has 2 amide bonds. The minimum atomic E-state index is -3.95. The summed E-state index contributed by atoms with van der Waals surface area (Å²) in [5, 5.41) is 5.47. The first-order valence-corrected chi connectivity index (χ1v) is 12.3.